The molecule has 20 heavy (non-hydrogen) atoms. The van der Waals surface area contributed by atoms with E-state index in [2.05, 4.69) is 20.8 Å². The fraction of sp³-hybridized carbons (Fsp3) is 0.562. The van der Waals surface area contributed by atoms with Gasteiger partial charge in [0.15, 0.2) is 0 Å². The maximum absolute atomic E-state index is 12.7. The van der Waals surface area contributed by atoms with Crippen LogP contribution in [0.1, 0.15) is 48.9 Å². The molecule has 1 aliphatic heterocycles. The number of hydrogen-bond acceptors (Lipinski definition) is 2. The quantitative estimate of drug-likeness (QED) is 0.842. The number of aromatic hydroxyl groups is 1. The van der Waals surface area contributed by atoms with Gasteiger partial charge in [-0.3, -0.25) is 4.79 Å². The number of nitrogens with zero attached hydrogens (tertiary/aromatic N) is 1. The lowest BCUT2D eigenvalue weighted by atomic mass is 9.78. The SMILES string of the molecule is O=C(c1ccc(Br)c(O)c1)N1CCC[C@H]2CCCC[C@H]21. The largest absolute Gasteiger partial charge is 0.507 e. The first kappa shape index (κ1) is 13.9. The van der Waals surface area contributed by atoms with Gasteiger partial charge in [-0.15, -0.1) is 0 Å². The minimum absolute atomic E-state index is 0.0735. The van der Waals surface area contributed by atoms with Crippen molar-refractivity contribution < 1.29 is 9.90 Å². The third-order valence-corrected chi connectivity index (χ3v) is 5.37. The number of phenolic OH excluding ortho intramolecular Hbond substituents is 1. The Kier molecular flexibility index (Phi) is 4.01. The van der Waals surface area contributed by atoms with Crippen molar-refractivity contribution in [1.82, 2.24) is 4.90 Å². The second-order valence-electron chi connectivity index (χ2n) is 5.92. The maximum atomic E-state index is 12.7. The topological polar surface area (TPSA) is 40.5 Å². The van der Waals surface area contributed by atoms with Crippen LogP contribution >= 0.6 is 15.9 Å². The van der Waals surface area contributed by atoms with Gasteiger partial charge in [0.1, 0.15) is 5.75 Å². The molecule has 1 N–H and O–H groups in total. The van der Waals surface area contributed by atoms with E-state index in [0.29, 0.717) is 22.0 Å². The molecule has 3 rings (SSSR count). The van der Waals surface area contributed by atoms with Gasteiger partial charge in [0, 0.05) is 18.2 Å². The van der Waals surface area contributed by atoms with Crippen LogP contribution in [0.5, 0.6) is 5.75 Å². The van der Waals surface area contributed by atoms with Crippen molar-refractivity contribution >= 4 is 21.8 Å². The van der Waals surface area contributed by atoms with Gasteiger partial charge in [0.05, 0.1) is 4.47 Å². The first-order valence-corrected chi connectivity index (χ1v) is 8.25. The Morgan fingerprint density at radius 2 is 1.95 bits per heavy atom. The molecule has 1 aromatic carbocycles. The molecule has 2 atom stereocenters. The average Bonchev–Trinajstić information content (AvgIpc) is 2.49. The van der Waals surface area contributed by atoms with E-state index in [-0.39, 0.29) is 11.7 Å². The van der Waals surface area contributed by atoms with E-state index in [1.807, 2.05) is 0 Å². The number of fused-ring (bicyclic) bond motifs is 1. The first-order valence-electron chi connectivity index (χ1n) is 7.46. The summed E-state index contributed by atoms with van der Waals surface area (Å²) >= 11 is 3.26. The molecule has 4 heteroatoms. The Balaban J connectivity index is 1.83. The molecule has 0 aromatic heterocycles. The molecular formula is C16H20BrNO2. The molecule has 1 saturated heterocycles. The first-order chi connectivity index (χ1) is 9.66. The van der Waals surface area contributed by atoms with Crippen LogP contribution in [0.2, 0.25) is 0 Å². The maximum Gasteiger partial charge on any atom is 0.254 e. The smallest absolute Gasteiger partial charge is 0.254 e. The zero-order chi connectivity index (χ0) is 14.1. The van der Waals surface area contributed by atoms with Crippen LogP contribution in [0.3, 0.4) is 0 Å². The Morgan fingerprint density at radius 1 is 1.20 bits per heavy atom. The van der Waals surface area contributed by atoms with Crippen LogP contribution in [0.25, 0.3) is 0 Å². The molecule has 3 nitrogen and oxygen atoms in total. The normalized spacial score (nSPS) is 26.1. The number of halogens is 1. The summed E-state index contributed by atoms with van der Waals surface area (Å²) in [5.41, 5.74) is 0.594. The minimum Gasteiger partial charge on any atom is -0.507 e. The second kappa shape index (κ2) is 5.76. The Bertz CT molecular complexity index is 515. The molecule has 1 aromatic rings. The van der Waals surface area contributed by atoms with Crippen LogP contribution in [0.4, 0.5) is 0 Å². The highest BCUT2D eigenvalue weighted by atomic mass is 79.9. The Labute approximate surface area is 128 Å². The summed E-state index contributed by atoms with van der Waals surface area (Å²) in [5, 5.41) is 9.76. The highest BCUT2D eigenvalue weighted by Crippen LogP contribution is 2.36. The standard InChI is InChI=1S/C16H20BrNO2/c17-13-8-7-12(10-15(13)19)16(20)18-9-3-5-11-4-1-2-6-14(11)18/h7-8,10-11,14,19H,1-6,9H2/t11-,14-/m1/s1. The Hall–Kier alpha value is -1.03. The predicted molar refractivity (Wildman–Crippen MR) is 81.8 cm³/mol. The number of amides is 1. The number of hydrogen-bond donors (Lipinski definition) is 1. The van der Waals surface area contributed by atoms with E-state index < -0.39 is 0 Å². The Morgan fingerprint density at radius 3 is 2.75 bits per heavy atom. The van der Waals surface area contributed by atoms with Gasteiger partial charge >= 0.3 is 0 Å². The lowest BCUT2D eigenvalue weighted by Crippen LogP contribution is -2.49. The van der Waals surface area contributed by atoms with Crippen molar-refractivity contribution in [2.24, 2.45) is 5.92 Å². The third-order valence-electron chi connectivity index (χ3n) is 4.70. The summed E-state index contributed by atoms with van der Waals surface area (Å²) in [7, 11) is 0. The van der Waals surface area contributed by atoms with Gasteiger partial charge < -0.3 is 10.0 Å². The fourth-order valence-corrected chi connectivity index (χ4v) is 3.94. The summed E-state index contributed by atoms with van der Waals surface area (Å²) in [6.45, 7) is 0.858. The van der Waals surface area contributed by atoms with Crippen LogP contribution in [0.15, 0.2) is 22.7 Å². The summed E-state index contributed by atoms with van der Waals surface area (Å²) in [6, 6.07) is 5.51. The molecule has 2 fully saturated rings. The number of carbonyl (C=O) groups excluding carboxylic acids is 1. The zero-order valence-electron chi connectivity index (χ0n) is 11.5. The van der Waals surface area contributed by atoms with E-state index in [1.54, 1.807) is 18.2 Å². The van der Waals surface area contributed by atoms with Crippen molar-refractivity contribution in [1.29, 1.82) is 0 Å². The fourth-order valence-electron chi connectivity index (χ4n) is 3.69. The van der Waals surface area contributed by atoms with Crippen molar-refractivity contribution in [3.05, 3.63) is 28.2 Å². The van der Waals surface area contributed by atoms with Gasteiger partial charge in [-0.2, -0.15) is 0 Å². The van der Waals surface area contributed by atoms with E-state index in [9.17, 15) is 9.90 Å². The number of rotatable bonds is 1. The number of piperidine rings is 1. The van der Waals surface area contributed by atoms with Crippen LogP contribution < -0.4 is 0 Å². The predicted octanol–water partition coefficient (Wildman–Crippen LogP) is 3.95. The van der Waals surface area contributed by atoms with Gasteiger partial charge in [-0.05, 0) is 65.7 Å². The number of likely N-dealkylation sites (tertiary alicyclic amines) is 1. The molecule has 108 valence electrons. The molecule has 2 aliphatic rings. The molecule has 1 amide bonds. The van der Waals surface area contributed by atoms with E-state index in [0.717, 1.165) is 19.4 Å². The van der Waals surface area contributed by atoms with Crippen LogP contribution in [0, 0.1) is 5.92 Å². The van der Waals surface area contributed by atoms with E-state index in [4.69, 9.17) is 0 Å². The summed E-state index contributed by atoms with van der Waals surface area (Å²) < 4.78 is 0.628. The summed E-state index contributed by atoms with van der Waals surface area (Å²) in [5.74, 6) is 0.892. The summed E-state index contributed by atoms with van der Waals surface area (Å²) in [4.78, 5) is 14.8. The second-order valence-corrected chi connectivity index (χ2v) is 6.77. The van der Waals surface area contributed by atoms with Gasteiger partial charge in [-0.25, -0.2) is 0 Å². The minimum atomic E-state index is 0.0735. The van der Waals surface area contributed by atoms with Crippen LogP contribution in [-0.2, 0) is 0 Å². The lowest BCUT2D eigenvalue weighted by Gasteiger charge is -2.44. The number of phenols is 1. The van der Waals surface area contributed by atoms with Gasteiger partial charge in [0.25, 0.3) is 5.91 Å². The highest BCUT2D eigenvalue weighted by molar-refractivity contribution is 9.10. The lowest BCUT2D eigenvalue weighted by molar-refractivity contribution is 0.0390. The number of benzene rings is 1. The molecule has 1 saturated carbocycles. The van der Waals surface area contributed by atoms with Gasteiger partial charge in [-0.1, -0.05) is 12.8 Å². The van der Waals surface area contributed by atoms with Crippen LogP contribution in [-0.4, -0.2) is 28.5 Å². The molecule has 0 spiro atoms. The molecule has 0 bridgehead atoms. The molecule has 0 radical (unpaired) electrons. The molecule has 1 heterocycles. The molecule has 0 unspecified atom stereocenters. The van der Waals surface area contributed by atoms with Gasteiger partial charge in [0.2, 0.25) is 0 Å². The van der Waals surface area contributed by atoms with Crippen molar-refractivity contribution in [2.75, 3.05) is 6.54 Å². The van der Waals surface area contributed by atoms with Crippen molar-refractivity contribution in [3.8, 4) is 5.75 Å². The summed E-state index contributed by atoms with van der Waals surface area (Å²) in [6.07, 6.45) is 7.31. The monoisotopic (exact) mass is 337 g/mol. The van der Waals surface area contributed by atoms with E-state index >= 15 is 0 Å². The van der Waals surface area contributed by atoms with E-state index in [1.165, 1.54) is 25.7 Å². The highest BCUT2D eigenvalue weighted by Gasteiger charge is 2.35. The third kappa shape index (κ3) is 2.58. The van der Waals surface area contributed by atoms with Crippen molar-refractivity contribution in [3.63, 3.8) is 0 Å². The average molecular weight is 338 g/mol. The van der Waals surface area contributed by atoms with Crippen molar-refractivity contribution in [2.45, 2.75) is 44.6 Å². The zero-order valence-corrected chi connectivity index (χ0v) is 13.1. The molecular weight excluding hydrogens is 318 g/mol. The molecule has 1 aliphatic carbocycles. The number of carbonyl (C=O) groups is 1.